The molecule has 7 heteroatoms. The number of imidazole rings is 1. The van der Waals surface area contributed by atoms with Gasteiger partial charge in [0.25, 0.3) is 5.91 Å². The molecule has 3 heterocycles. The topological polar surface area (TPSA) is 86.8 Å². The quantitative estimate of drug-likeness (QED) is 0.731. The highest BCUT2D eigenvalue weighted by molar-refractivity contribution is 5.94. The Bertz CT molecular complexity index is 1050. The first-order valence-corrected chi connectivity index (χ1v) is 9.77. The van der Waals surface area contributed by atoms with Crippen LogP contribution in [0.3, 0.4) is 0 Å². The molecule has 1 aliphatic carbocycles. The van der Waals surface area contributed by atoms with Crippen LogP contribution in [0, 0.1) is 0 Å². The van der Waals surface area contributed by atoms with Gasteiger partial charge in [-0.2, -0.15) is 5.10 Å². The lowest BCUT2D eigenvalue weighted by molar-refractivity contribution is 0.0687. The lowest BCUT2D eigenvalue weighted by Crippen LogP contribution is -2.41. The summed E-state index contributed by atoms with van der Waals surface area (Å²) in [4.78, 5) is 30.2. The minimum atomic E-state index is -0.0673. The maximum Gasteiger partial charge on any atom is 0.326 e. The van der Waals surface area contributed by atoms with E-state index in [0.29, 0.717) is 18.8 Å². The van der Waals surface area contributed by atoms with Gasteiger partial charge < -0.3 is 9.88 Å². The Hall–Kier alpha value is -2.83. The number of hydrogen-bond acceptors (Lipinski definition) is 3. The number of nitrogens with zero attached hydrogens (tertiary/aromatic N) is 3. The van der Waals surface area contributed by atoms with Crippen LogP contribution >= 0.6 is 0 Å². The second kappa shape index (κ2) is 6.40. The largest absolute Gasteiger partial charge is 0.337 e. The van der Waals surface area contributed by atoms with Crippen molar-refractivity contribution in [2.75, 3.05) is 13.1 Å². The summed E-state index contributed by atoms with van der Waals surface area (Å²) < 4.78 is 1.85. The Kier molecular flexibility index (Phi) is 3.88. The van der Waals surface area contributed by atoms with Crippen LogP contribution in [-0.2, 0) is 12.8 Å². The van der Waals surface area contributed by atoms with Gasteiger partial charge in [0, 0.05) is 30.4 Å². The number of likely N-dealkylation sites (tertiary alicyclic amines) is 1. The highest BCUT2D eigenvalue weighted by Gasteiger charge is 2.30. The van der Waals surface area contributed by atoms with Crippen molar-refractivity contribution in [1.29, 1.82) is 0 Å². The number of amides is 1. The number of para-hydroxylation sites is 2. The molecule has 2 aliphatic rings. The minimum Gasteiger partial charge on any atom is -0.337 e. The second-order valence-corrected chi connectivity index (χ2v) is 7.58. The Morgan fingerprint density at radius 2 is 1.89 bits per heavy atom. The van der Waals surface area contributed by atoms with Crippen LogP contribution in [0.2, 0.25) is 0 Å². The molecule has 1 saturated heterocycles. The van der Waals surface area contributed by atoms with Crippen molar-refractivity contribution in [1.82, 2.24) is 24.6 Å². The number of aryl methyl sites for hydroxylation is 1. The van der Waals surface area contributed by atoms with Gasteiger partial charge in [-0.15, -0.1) is 0 Å². The van der Waals surface area contributed by atoms with E-state index in [1.807, 2.05) is 33.7 Å². The molecule has 0 bridgehead atoms. The molecule has 1 aromatic carbocycles. The smallest absolute Gasteiger partial charge is 0.326 e. The van der Waals surface area contributed by atoms with E-state index in [1.165, 1.54) is 0 Å². The van der Waals surface area contributed by atoms with Gasteiger partial charge in [-0.25, -0.2) is 4.79 Å². The van der Waals surface area contributed by atoms with E-state index in [9.17, 15) is 9.59 Å². The summed E-state index contributed by atoms with van der Waals surface area (Å²) in [7, 11) is 0. The van der Waals surface area contributed by atoms with E-state index in [1.54, 1.807) is 0 Å². The maximum atomic E-state index is 13.0. The normalized spacial score (nSPS) is 18.0. The molecule has 0 radical (unpaired) electrons. The Morgan fingerprint density at radius 1 is 1.11 bits per heavy atom. The average Bonchev–Trinajstić information content (AvgIpc) is 3.28. The highest BCUT2D eigenvalue weighted by atomic mass is 16.2. The monoisotopic (exact) mass is 365 g/mol. The fourth-order valence-electron chi connectivity index (χ4n) is 4.57. The number of benzene rings is 1. The summed E-state index contributed by atoms with van der Waals surface area (Å²) in [6.45, 7) is 1.30. The van der Waals surface area contributed by atoms with E-state index in [-0.39, 0.29) is 17.6 Å². The lowest BCUT2D eigenvalue weighted by Gasteiger charge is -2.32. The van der Waals surface area contributed by atoms with Gasteiger partial charge in [-0.05, 0) is 50.7 Å². The SMILES string of the molecule is O=C(c1n[nH]c2c1CCCC2)N1CCC(n2c(=O)[nH]c3ccccc32)CC1. The van der Waals surface area contributed by atoms with Crippen LogP contribution in [0.1, 0.15) is 53.5 Å². The number of nitrogens with one attached hydrogen (secondary N) is 2. The average molecular weight is 365 g/mol. The number of H-pyrrole nitrogens is 2. The van der Waals surface area contributed by atoms with E-state index >= 15 is 0 Å². The number of rotatable bonds is 2. The number of aromatic amines is 2. The van der Waals surface area contributed by atoms with E-state index in [0.717, 1.165) is 60.8 Å². The predicted molar refractivity (Wildman–Crippen MR) is 102 cm³/mol. The maximum absolute atomic E-state index is 13.0. The Balaban J connectivity index is 1.34. The number of piperidine rings is 1. The van der Waals surface area contributed by atoms with Crippen molar-refractivity contribution < 1.29 is 4.79 Å². The third-order valence-electron chi connectivity index (χ3n) is 6.00. The second-order valence-electron chi connectivity index (χ2n) is 7.58. The summed E-state index contributed by atoms with van der Waals surface area (Å²) in [6.07, 6.45) is 5.77. The molecule has 1 fully saturated rings. The first-order chi connectivity index (χ1) is 13.2. The van der Waals surface area contributed by atoms with Crippen molar-refractivity contribution in [2.24, 2.45) is 0 Å². The molecule has 5 rings (SSSR count). The van der Waals surface area contributed by atoms with Crippen LogP contribution in [0.5, 0.6) is 0 Å². The molecule has 2 aromatic heterocycles. The summed E-state index contributed by atoms with van der Waals surface area (Å²) in [5, 5.41) is 7.38. The molecule has 27 heavy (non-hydrogen) atoms. The molecule has 1 amide bonds. The van der Waals surface area contributed by atoms with Crippen molar-refractivity contribution in [2.45, 2.75) is 44.6 Å². The summed E-state index contributed by atoms with van der Waals surface area (Å²) >= 11 is 0. The first kappa shape index (κ1) is 16.4. The number of fused-ring (bicyclic) bond motifs is 2. The fraction of sp³-hybridized carbons (Fsp3) is 0.450. The van der Waals surface area contributed by atoms with E-state index in [4.69, 9.17) is 0 Å². The molecule has 2 N–H and O–H groups in total. The molecule has 0 saturated carbocycles. The van der Waals surface area contributed by atoms with Gasteiger partial charge in [0.05, 0.1) is 11.0 Å². The van der Waals surface area contributed by atoms with Crippen molar-refractivity contribution in [3.63, 3.8) is 0 Å². The Morgan fingerprint density at radius 3 is 2.74 bits per heavy atom. The van der Waals surface area contributed by atoms with Gasteiger partial charge >= 0.3 is 5.69 Å². The highest BCUT2D eigenvalue weighted by Crippen LogP contribution is 2.27. The molecule has 3 aromatic rings. The molecule has 0 spiro atoms. The van der Waals surface area contributed by atoms with E-state index in [2.05, 4.69) is 15.2 Å². The summed E-state index contributed by atoms with van der Waals surface area (Å²) in [5.74, 6) is 0.0270. The Labute approximate surface area is 156 Å². The molecular weight excluding hydrogens is 342 g/mol. The van der Waals surface area contributed by atoms with Gasteiger partial charge in [-0.1, -0.05) is 12.1 Å². The molecule has 0 unspecified atom stereocenters. The molecule has 7 nitrogen and oxygen atoms in total. The summed E-state index contributed by atoms with van der Waals surface area (Å²) in [5.41, 5.74) is 4.58. The van der Waals surface area contributed by atoms with Gasteiger partial charge in [0.2, 0.25) is 0 Å². The van der Waals surface area contributed by atoms with Crippen LogP contribution in [0.4, 0.5) is 0 Å². The lowest BCUT2D eigenvalue weighted by atomic mass is 9.95. The van der Waals surface area contributed by atoms with Gasteiger partial charge in [-0.3, -0.25) is 14.5 Å². The number of hydrogen-bond donors (Lipinski definition) is 2. The predicted octanol–water partition coefficient (Wildman–Crippen LogP) is 2.41. The zero-order valence-electron chi connectivity index (χ0n) is 15.2. The number of carbonyl (C=O) groups excluding carboxylic acids is 1. The first-order valence-electron chi connectivity index (χ1n) is 9.77. The van der Waals surface area contributed by atoms with Gasteiger partial charge in [0.1, 0.15) is 0 Å². The third kappa shape index (κ3) is 2.69. The zero-order chi connectivity index (χ0) is 18.4. The minimum absolute atomic E-state index is 0.0270. The van der Waals surface area contributed by atoms with Crippen LogP contribution in [-0.4, -0.2) is 43.6 Å². The van der Waals surface area contributed by atoms with Crippen molar-refractivity contribution >= 4 is 16.9 Å². The van der Waals surface area contributed by atoms with Crippen molar-refractivity contribution in [3.8, 4) is 0 Å². The molecular formula is C20H23N5O2. The van der Waals surface area contributed by atoms with Crippen LogP contribution < -0.4 is 5.69 Å². The zero-order valence-corrected chi connectivity index (χ0v) is 15.2. The van der Waals surface area contributed by atoms with E-state index < -0.39 is 0 Å². The summed E-state index contributed by atoms with van der Waals surface area (Å²) in [6, 6.07) is 7.89. The standard InChI is InChI=1S/C20H23N5O2/c26-19(18-14-5-1-2-6-15(14)22-23-18)24-11-9-13(10-12-24)25-17-8-4-3-7-16(17)21-20(25)27/h3-4,7-8,13H,1-2,5-6,9-12H2,(H,21,27)(H,22,23). The molecule has 1 aliphatic heterocycles. The van der Waals surface area contributed by atoms with Gasteiger partial charge in [0.15, 0.2) is 5.69 Å². The third-order valence-corrected chi connectivity index (χ3v) is 6.00. The number of carbonyl (C=O) groups is 1. The molecule has 0 atom stereocenters. The van der Waals surface area contributed by atoms with Crippen LogP contribution in [0.15, 0.2) is 29.1 Å². The van der Waals surface area contributed by atoms with Crippen LogP contribution in [0.25, 0.3) is 11.0 Å². The van der Waals surface area contributed by atoms with Crippen molar-refractivity contribution in [3.05, 3.63) is 51.7 Å². The molecule has 140 valence electrons. The number of aromatic nitrogens is 4. The fourth-order valence-corrected chi connectivity index (χ4v) is 4.57.